The van der Waals surface area contributed by atoms with E-state index in [0.717, 1.165) is 12.5 Å². The van der Waals surface area contributed by atoms with E-state index in [4.69, 9.17) is 4.52 Å². The van der Waals surface area contributed by atoms with Gasteiger partial charge < -0.3 is 9.84 Å². The Hall–Kier alpha value is -1.76. The van der Waals surface area contributed by atoms with E-state index in [-0.39, 0.29) is 0 Å². The van der Waals surface area contributed by atoms with Crippen molar-refractivity contribution in [2.45, 2.75) is 19.4 Å². The van der Waals surface area contributed by atoms with Gasteiger partial charge in [0, 0.05) is 0 Å². The largest absolute Gasteiger partial charge is 0.337 e. The lowest BCUT2D eigenvalue weighted by Crippen LogP contribution is -2.16. The molecule has 2 aromatic rings. The first-order valence-corrected chi connectivity index (χ1v) is 5.31. The molecule has 0 unspecified atom stereocenters. The molecule has 3 rings (SSSR count). The lowest BCUT2D eigenvalue weighted by molar-refractivity contribution is 0.367. The van der Waals surface area contributed by atoms with E-state index in [9.17, 15) is 0 Å². The minimum atomic E-state index is 0.469. The summed E-state index contributed by atoms with van der Waals surface area (Å²) in [5.74, 6) is 1.90. The lowest BCUT2D eigenvalue weighted by atomic mass is 10.4. The van der Waals surface area contributed by atoms with Crippen molar-refractivity contribution in [3.63, 3.8) is 0 Å². The van der Waals surface area contributed by atoms with Crippen molar-refractivity contribution in [2.24, 2.45) is 5.92 Å². The normalized spacial score (nSPS) is 15.5. The minimum absolute atomic E-state index is 0.469. The molecule has 1 saturated carbocycles. The summed E-state index contributed by atoms with van der Waals surface area (Å²) in [6.07, 6.45) is 4.23. The fourth-order valence-electron chi connectivity index (χ4n) is 1.45. The highest BCUT2D eigenvalue weighted by atomic mass is 16.5. The highest BCUT2D eigenvalue weighted by Gasteiger charge is 2.20. The van der Waals surface area contributed by atoms with Gasteiger partial charge in [0.05, 0.1) is 12.7 Å². The van der Waals surface area contributed by atoms with Crippen LogP contribution in [-0.2, 0) is 6.54 Å². The maximum atomic E-state index is 5.09. The van der Waals surface area contributed by atoms with Gasteiger partial charge in [0.15, 0.2) is 5.69 Å². The molecule has 0 amide bonds. The van der Waals surface area contributed by atoms with Crippen molar-refractivity contribution in [1.29, 1.82) is 0 Å². The van der Waals surface area contributed by atoms with Gasteiger partial charge in [0.2, 0.25) is 11.7 Å². The Morgan fingerprint density at radius 3 is 3.19 bits per heavy atom. The number of nitrogens with zero attached hydrogens (tertiary/aromatic N) is 4. The molecule has 0 radical (unpaired) electrons. The summed E-state index contributed by atoms with van der Waals surface area (Å²) >= 11 is 0. The fraction of sp³-hybridized carbons (Fsp3) is 0.556. The topological polar surface area (TPSA) is 92.5 Å². The molecule has 0 aromatic carbocycles. The van der Waals surface area contributed by atoms with Crippen molar-refractivity contribution < 1.29 is 4.52 Å². The standard InChI is InChI=1S/C9H12N6O/c1-2-6(1)3-10-5-8-12-9(14-16-8)7-4-11-15-13-7/h4,6,10H,1-3,5H2,(H,11,13,15). The van der Waals surface area contributed by atoms with E-state index in [1.165, 1.54) is 12.8 Å². The number of hydrogen-bond acceptors (Lipinski definition) is 6. The molecule has 1 aliphatic carbocycles. The van der Waals surface area contributed by atoms with E-state index in [1.54, 1.807) is 6.20 Å². The Kier molecular flexibility index (Phi) is 2.37. The van der Waals surface area contributed by atoms with Crippen LogP contribution in [0.25, 0.3) is 11.5 Å². The number of aromatic nitrogens is 5. The number of rotatable bonds is 5. The second-order valence-electron chi connectivity index (χ2n) is 3.94. The Morgan fingerprint density at radius 2 is 2.44 bits per heavy atom. The molecule has 0 aliphatic heterocycles. The summed E-state index contributed by atoms with van der Waals surface area (Å²) in [6, 6.07) is 0. The zero-order valence-electron chi connectivity index (χ0n) is 8.68. The van der Waals surface area contributed by atoms with E-state index in [1.807, 2.05) is 0 Å². The van der Waals surface area contributed by atoms with Crippen LogP contribution in [0.15, 0.2) is 10.7 Å². The monoisotopic (exact) mass is 220 g/mol. The zero-order chi connectivity index (χ0) is 10.8. The van der Waals surface area contributed by atoms with Crippen LogP contribution in [0.4, 0.5) is 0 Å². The van der Waals surface area contributed by atoms with Gasteiger partial charge in [-0.2, -0.15) is 20.4 Å². The summed E-state index contributed by atoms with van der Waals surface area (Å²) in [6.45, 7) is 1.64. The van der Waals surface area contributed by atoms with Crippen LogP contribution in [0, 0.1) is 5.92 Å². The van der Waals surface area contributed by atoms with Crippen molar-refractivity contribution >= 4 is 0 Å². The predicted octanol–water partition coefficient (Wildman–Crippen LogP) is 0.354. The number of nitrogens with one attached hydrogen (secondary N) is 2. The average Bonchev–Trinajstić information content (AvgIpc) is 2.83. The Bertz CT molecular complexity index is 446. The van der Waals surface area contributed by atoms with Gasteiger partial charge in [-0.1, -0.05) is 5.16 Å². The van der Waals surface area contributed by atoms with Gasteiger partial charge in [-0.3, -0.25) is 0 Å². The van der Waals surface area contributed by atoms with Crippen LogP contribution in [-0.4, -0.2) is 32.1 Å². The third kappa shape index (κ3) is 2.08. The molecule has 0 saturated heterocycles. The average molecular weight is 220 g/mol. The Morgan fingerprint density at radius 1 is 1.50 bits per heavy atom. The zero-order valence-corrected chi connectivity index (χ0v) is 8.68. The van der Waals surface area contributed by atoms with E-state index in [0.29, 0.717) is 24.0 Å². The van der Waals surface area contributed by atoms with Crippen LogP contribution in [0.1, 0.15) is 18.7 Å². The van der Waals surface area contributed by atoms with Gasteiger partial charge in [0.25, 0.3) is 0 Å². The number of aromatic amines is 1. The molecule has 1 aliphatic rings. The highest BCUT2D eigenvalue weighted by molar-refractivity contribution is 5.44. The van der Waals surface area contributed by atoms with Gasteiger partial charge in [0.1, 0.15) is 0 Å². The summed E-state index contributed by atoms with van der Waals surface area (Å²) in [5.41, 5.74) is 0.595. The molecule has 0 spiro atoms. The molecule has 84 valence electrons. The number of hydrogen-bond donors (Lipinski definition) is 2. The first-order chi connectivity index (χ1) is 7.92. The summed E-state index contributed by atoms with van der Waals surface area (Å²) in [7, 11) is 0. The second kappa shape index (κ2) is 4.01. The van der Waals surface area contributed by atoms with Gasteiger partial charge >= 0.3 is 0 Å². The molecule has 0 bridgehead atoms. The molecule has 7 nitrogen and oxygen atoms in total. The molecule has 1 fully saturated rings. The Labute approximate surface area is 91.6 Å². The second-order valence-corrected chi connectivity index (χ2v) is 3.94. The molecule has 7 heteroatoms. The van der Waals surface area contributed by atoms with Crippen molar-refractivity contribution in [3.8, 4) is 11.5 Å². The minimum Gasteiger partial charge on any atom is -0.337 e. The first-order valence-electron chi connectivity index (χ1n) is 5.31. The fourth-order valence-corrected chi connectivity index (χ4v) is 1.45. The maximum Gasteiger partial charge on any atom is 0.240 e. The quantitative estimate of drug-likeness (QED) is 0.755. The van der Waals surface area contributed by atoms with E-state index < -0.39 is 0 Å². The number of H-pyrrole nitrogens is 1. The molecule has 2 heterocycles. The highest BCUT2D eigenvalue weighted by Crippen LogP contribution is 2.27. The Balaban J connectivity index is 1.59. The lowest BCUT2D eigenvalue weighted by Gasteiger charge is -1.96. The van der Waals surface area contributed by atoms with Crippen LogP contribution in [0.5, 0.6) is 0 Å². The van der Waals surface area contributed by atoms with Crippen LogP contribution < -0.4 is 5.32 Å². The predicted molar refractivity (Wildman–Crippen MR) is 54.1 cm³/mol. The maximum absolute atomic E-state index is 5.09. The molecular formula is C9H12N6O. The summed E-state index contributed by atoms with van der Waals surface area (Å²) in [4.78, 5) is 4.21. The van der Waals surface area contributed by atoms with Gasteiger partial charge in [-0.05, 0) is 25.3 Å². The smallest absolute Gasteiger partial charge is 0.240 e. The SMILES string of the molecule is c1n[nH]nc1-c1noc(CNCC2CC2)n1. The van der Waals surface area contributed by atoms with Crippen LogP contribution >= 0.6 is 0 Å². The van der Waals surface area contributed by atoms with Crippen molar-refractivity contribution in [3.05, 3.63) is 12.1 Å². The van der Waals surface area contributed by atoms with E-state index in [2.05, 4.69) is 30.9 Å². The molecule has 16 heavy (non-hydrogen) atoms. The van der Waals surface area contributed by atoms with Crippen LogP contribution in [0.3, 0.4) is 0 Å². The molecule has 0 atom stereocenters. The van der Waals surface area contributed by atoms with Crippen molar-refractivity contribution in [2.75, 3.05) is 6.54 Å². The summed E-state index contributed by atoms with van der Waals surface area (Å²) < 4.78 is 5.09. The van der Waals surface area contributed by atoms with Crippen LogP contribution in [0.2, 0.25) is 0 Å². The summed E-state index contributed by atoms with van der Waals surface area (Å²) in [5, 5.41) is 17.2. The third-order valence-electron chi connectivity index (χ3n) is 2.52. The molecular weight excluding hydrogens is 208 g/mol. The molecule has 2 N–H and O–H groups in total. The van der Waals surface area contributed by atoms with E-state index >= 15 is 0 Å². The first kappa shape index (κ1) is 9.46. The van der Waals surface area contributed by atoms with Crippen molar-refractivity contribution in [1.82, 2.24) is 30.9 Å². The molecule has 2 aromatic heterocycles. The van der Waals surface area contributed by atoms with Gasteiger partial charge in [-0.15, -0.1) is 0 Å². The van der Waals surface area contributed by atoms with Gasteiger partial charge in [-0.25, -0.2) is 0 Å². The third-order valence-corrected chi connectivity index (χ3v) is 2.52.